The lowest BCUT2D eigenvalue weighted by Crippen LogP contribution is -2.48. The average Bonchev–Trinajstić information content (AvgIpc) is 3.23. The van der Waals surface area contributed by atoms with Crippen LogP contribution in [0, 0.1) is 0 Å². The number of aliphatic hydroxyl groups excluding tert-OH is 1. The number of β-amino-alcohol motifs (C(OH)–C–C–N with tert-alkyl or cyclic N) is 1. The zero-order chi connectivity index (χ0) is 17.2. The van der Waals surface area contributed by atoms with Crippen molar-refractivity contribution < 1.29 is 9.84 Å². The highest BCUT2D eigenvalue weighted by Crippen LogP contribution is 2.20. The summed E-state index contributed by atoms with van der Waals surface area (Å²) in [5.41, 5.74) is 2.08. The van der Waals surface area contributed by atoms with E-state index in [1.54, 1.807) is 0 Å². The first-order chi connectivity index (χ1) is 12.2. The first-order valence-corrected chi connectivity index (χ1v) is 9.08. The molecule has 0 spiro atoms. The van der Waals surface area contributed by atoms with E-state index in [0.717, 1.165) is 50.6 Å². The molecule has 0 unspecified atom stereocenters. The zero-order valence-corrected chi connectivity index (χ0v) is 14.8. The fourth-order valence-electron chi connectivity index (χ4n) is 3.70. The molecule has 0 radical (unpaired) electrons. The fraction of sp³-hybridized carbons (Fsp3) is 0.500. The molecule has 0 amide bonds. The van der Waals surface area contributed by atoms with Gasteiger partial charge in [0.1, 0.15) is 0 Å². The van der Waals surface area contributed by atoms with Crippen LogP contribution in [-0.4, -0.2) is 76.2 Å². The molecule has 1 N–H and O–H groups in total. The number of benzene rings is 1. The Labute approximate surface area is 152 Å². The topological polar surface area (TPSA) is 53.8 Å². The summed E-state index contributed by atoms with van der Waals surface area (Å²) in [5, 5.41) is 15.6. The summed E-state index contributed by atoms with van der Waals surface area (Å²) in [6, 6.07) is 7.85. The number of ether oxygens (including phenoxy) is 1. The standard InChI is InChI=1S/C18H23ClN4O2/c19-15-2-1-3-16(8-15)23-11-14(9-20-23)10-21-12-17(18(24)13-21)22-4-6-25-7-5-22/h1-3,8-9,11,17-18,24H,4-7,10,12-13H2/t17-,18-/m1/s1. The van der Waals surface area contributed by atoms with Gasteiger partial charge >= 0.3 is 0 Å². The maximum atomic E-state index is 10.4. The average molecular weight is 363 g/mol. The summed E-state index contributed by atoms with van der Waals surface area (Å²) >= 11 is 6.05. The van der Waals surface area contributed by atoms with Gasteiger partial charge in [-0.25, -0.2) is 4.68 Å². The first-order valence-electron chi connectivity index (χ1n) is 8.71. The highest BCUT2D eigenvalue weighted by atomic mass is 35.5. The van der Waals surface area contributed by atoms with E-state index in [9.17, 15) is 5.11 Å². The monoisotopic (exact) mass is 362 g/mol. The van der Waals surface area contributed by atoms with Gasteiger partial charge in [0.2, 0.25) is 0 Å². The molecule has 2 saturated heterocycles. The molecule has 4 rings (SSSR count). The highest BCUT2D eigenvalue weighted by Gasteiger charge is 2.36. The van der Waals surface area contributed by atoms with Crippen LogP contribution in [0.25, 0.3) is 5.69 Å². The minimum Gasteiger partial charge on any atom is -0.390 e. The molecule has 1 aromatic carbocycles. The fourth-order valence-corrected chi connectivity index (χ4v) is 3.89. The highest BCUT2D eigenvalue weighted by molar-refractivity contribution is 6.30. The molecule has 0 saturated carbocycles. The Morgan fingerprint density at radius 3 is 2.88 bits per heavy atom. The van der Waals surface area contributed by atoms with Crippen LogP contribution in [0.15, 0.2) is 36.7 Å². The summed E-state index contributed by atoms with van der Waals surface area (Å²) in [4.78, 5) is 4.65. The lowest BCUT2D eigenvalue weighted by molar-refractivity contribution is -0.00618. The molecular weight excluding hydrogens is 340 g/mol. The van der Waals surface area contributed by atoms with E-state index in [-0.39, 0.29) is 12.1 Å². The van der Waals surface area contributed by atoms with Crippen LogP contribution < -0.4 is 0 Å². The van der Waals surface area contributed by atoms with Crippen LogP contribution >= 0.6 is 11.6 Å². The summed E-state index contributed by atoms with van der Waals surface area (Å²) in [5.74, 6) is 0. The van der Waals surface area contributed by atoms with Gasteiger partial charge in [-0.2, -0.15) is 5.10 Å². The Hall–Kier alpha value is -1.44. The number of halogens is 1. The van der Waals surface area contributed by atoms with E-state index < -0.39 is 0 Å². The number of rotatable bonds is 4. The molecule has 7 heteroatoms. The predicted molar refractivity (Wildman–Crippen MR) is 96.0 cm³/mol. The Balaban J connectivity index is 1.39. The van der Waals surface area contributed by atoms with E-state index in [0.29, 0.717) is 11.6 Å². The van der Waals surface area contributed by atoms with Gasteiger partial charge in [0.15, 0.2) is 0 Å². The summed E-state index contributed by atoms with van der Waals surface area (Å²) < 4.78 is 7.25. The molecule has 2 aromatic rings. The van der Waals surface area contributed by atoms with Crippen molar-refractivity contribution >= 4 is 11.6 Å². The van der Waals surface area contributed by atoms with Crippen molar-refractivity contribution in [3.63, 3.8) is 0 Å². The van der Waals surface area contributed by atoms with Gasteiger partial charge in [-0.05, 0) is 18.2 Å². The molecule has 0 bridgehead atoms. The van der Waals surface area contributed by atoms with Crippen LogP contribution in [0.5, 0.6) is 0 Å². The van der Waals surface area contributed by atoms with Gasteiger partial charge in [0, 0.05) is 55.5 Å². The van der Waals surface area contributed by atoms with Crippen molar-refractivity contribution in [2.75, 3.05) is 39.4 Å². The minimum absolute atomic E-state index is 0.201. The van der Waals surface area contributed by atoms with Gasteiger partial charge in [-0.3, -0.25) is 9.80 Å². The summed E-state index contributed by atoms with van der Waals surface area (Å²) in [7, 11) is 0. The molecule has 0 aliphatic carbocycles. The second kappa shape index (κ2) is 7.43. The van der Waals surface area contributed by atoms with E-state index >= 15 is 0 Å². The maximum absolute atomic E-state index is 10.4. The Morgan fingerprint density at radius 2 is 2.08 bits per heavy atom. The first kappa shape index (κ1) is 17.0. The largest absolute Gasteiger partial charge is 0.390 e. The van der Waals surface area contributed by atoms with E-state index in [4.69, 9.17) is 16.3 Å². The lowest BCUT2D eigenvalue weighted by Gasteiger charge is -2.33. The van der Waals surface area contributed by atoms with Crippen LogP contribution in [0.1, 0.15) is 5.56 Å². The number of aliphatic hydroxyl groups is 1. The van der Waals surface area contributed by atoms with Crippen LogP contribution in [0.4, 0.5) is 0 Å². The maximum Gasteiger partial charge on any atom is 0.0834 e. The third-order valence-electron chi connectivity index (χ3n) is 4.96. The number of likely N-dealkylation sites (tertiary alicyclic amines) is 1. The predicted octanol–water partition coefficient (Wildman–Crippen LogP) is 1.40. The molecule has 3 heterocycles. The second-order valence-corrected chi connectivity index (χ2v) is 7.19. The second-order valence-electron chi connectivity index (χ2n) is 6.75. The van der Waals surface area contributed by atoms with Crippen molar-refractivity contribution in [3.8, 4) is 5.69 Å². The molecule has 25 heavy (non-hydrogen) atoms. The van der Waals surface area contributed by atoms with Crippen molar-refractivity contribution in [1.29, 1.82) is 0 Å². The molecule has 2 aliphatic rings. The third kappa shape index (κ3) is 3.88. The smallest absolute Gasteiger partial charge is 0.0834 e. The zero-order valence-electron chi connectivity index (χ0n) is 14.1. The van der Waals surface area contributed by atoms with Crippen molar-refractivity contribution in [1.82, 2.24) is 19.6 Å². The summed E-state index contributed by atoms with van der Waals surface area (Å²) in [6.07, 6.45) is 3.61. The molecule has 2 aliphatic heterocycles. The van der Waals surface area contributed by atoms with E-state index in [1.165, 1.54) is 0 Å². The number of hydrogen-bond donors (Lipinski definition) is 1. The Bertz CT molecular complexity index is 717. The van der Waals surface area contributed by atoms with E-state index in [2.05, 4.69) is 14.9 Å². The van der Waals surface area contributed by atoms with Gasteiger partial charge in [0.05, 0.1) is 31.2 Å². The molecule has 2 atom stereocenters. The number of aromatic nitrogens is 2. The molecule has 1 aromatic heterocycles. The SMILES string of the molecule is O[C@@H]1CN(Cc2cnn(-c3cccc(Cl)c3)c2)C[C@H]1N1CCOCC1. The minimum atomic E-state index is -0.305. The van der Waals surface area contributed by atoms with Crippen LogP contribution in [0.3, 0.4) is 0 Å². The quantitative estimate of drug-likeness (QED) is 0.891. The Kier molecular flexibility index (Phi) is 5.05. The molecule has 6 nitrogen and oxygen atoms in total. The van der Waals surface area contributed by atoms with Gasteiger partial charge in [-0.15, -0.1) is 0 Å². The van der Waals surface area contributed by atoms with E-state index in [1.807, 2.05) is 41.3 Å². The normalized spacial score (nSPS) is 25.5. The molecular formula is C18H23ClN4O2. The molecule has 2 fully saturated rings. The van der Waals surface area contributed by atoms with Gasteiger partial charge < -0.3 is 9.84 Å². The van der Waals surface area contributed by atoms with Crippen molar-refractivity contribution in [2.45, 2.75) is 18.7 Å². The number of morpholine rings is 1. The van der Waals surface area contributed by atoms with Crippen molar-refractivity contribution in [3.05, 3.63) is 47.2 Å². The van der Waals surface area contributed by atoms with Gasteiger partial charge in [0.25, 0.3) is 0 Å². The van der Waals surface area contributed by atoms with Gasteiger partial charge in [-0.1, -0.05) is 17.7 Å². The van der Waals surface area contributed by atoms with Crippen LogP contribution in [-0.2, 0) is 11.3 Å². The Morgan fingerprint density at radius 1 is 1.24 bits per heavy atom. The number of hydrogen-bond acceptors (Lipinski definition) is 5. The number of nitrogens with zero attached hydrogens (tertiary/aromatic N) is 4. The lowest BCUT2D eigenvalue weighted by atomic mass is 10.1. The molecule has 134 valence electrons. The third-order valence-corrected chi connectivity index (χ3v) is 5.20. The van der Waals surface area contributed by atoms with Crippen LogP contribution in [0.2, 0.25) is 5.02 Å². The van der Waals surface area contributed by atoms with Crippen molar-refractivity contribution in [2.24, 2.45) is 0 Å². The summed E-state index contributed by atoms with van der Waals surface area (Å²) in [6.45, 7) is 5.70.